The molecule has 2 rings (SSSR count). The molecule has 2 aromatic rings. The molecule has 25 heavy (non-hydrogen) atoms. The molecule has 0 fully saturated rings. The molecule has 0 aliphatic rings. The maximum Gasteiger partial charge on any atom is 0.243 e. The van der Waals surface area contributed by atoms with Crippen molar-refractivity contribution in [1.82, 2.24) is 0 Å². The molecule has 3 N–H and O–H groups in total. The summed E-state index contributed by atoms with van der Waals surface area (Å²) in [6.45, 7) is 5.43. The first kappa shape index (κ1) is 18.4. The summed E-state index contributed by atoms with van der Waals surface area (Å²) >= 11 is 0. The molecular weight excluding hydrogens is 321 g/mol. The predicted molar refractivity (Wildman–Crippen MR) is 98.4 cm³/mol. The van der Waals surface area contributed by atoms with Crippen molar-refractivity contribution in [3.63, 3.8) is 0 Å². The van der Waals surface area contributed by atoms with E-state index in [1.54, 1.807) is 0 Å². The number of nitrogens with one attached hydrogen (secondary N) is 3. The van der Waals surface area contributed by atoms with Gasteiger partial charge in [-0.1, -0.05) is 26.0 Å². The van der Waals surface area contributed by atoms with Gasteiger partial charge in [-0.3, -0.25) is 9.59 Å². The molecule has 132 valence electrons. The van der Waals surface area contributed by atoms with E-state index in [4.69, 9.17) is 0 Å². The number of anilines is 3. The molecule has 2 aromatic carbocycles. The van der Waals surface area contributed by atoms with E-state index < -0.39 is 5.82 Å². The number of carbonyl (C=O) groups excluding carboxylic acids is 2. The lowest BCUT2D eigenvalue weighted by molar-refractivity contribution is -0.115. The topological polar surface area (TPSA) is 70.2 Å². The largest absolute Gasteiger partial charge is 0.374 e. The van der Waals surface area contributed by atoms with Gasteiger partial charge in [0.25, 0.3) is 0 Å². The molecule has 0 spiro atoms. The zero-order chi connectivity index (χ0) is 18.4. The van der Waals surface area contributed by atoms with E-state index in [-0.39, 0.29) is 24.0 Å². The Bertz CT molecular complexity index is 775. The SMILES string of the molecule is CC(=O)Nc1ccc(F)c(NCC(=O)Nc2cccc(C(C)C)c2)c1. The number of halogens is 1. The van der Waals surface area contributed by atoms with Crippen LogP contribution in [-0.4, -0.2) is 18.4 Å². The van der Waals surface area contributed by atoms with E-state index in [1.165, 1.54) is 25.1 Å². The van der Waals surface area contributed by atoms with Crippen molar-refractivity contribution in [2.45, 2.75) is 26.7 Å². The normalized spacial score (nSPS) is 10.4. The molecule has 0 bridgehead atoms. The third-order valence-corrected chi connectivity index (χ3v) is 3.56. The fraction of sp³-hybridized carbons (Fsp3) is 0.263. The average Bonchev–Trinajstić information content (AvgIpc) is 2.55. The average molecular weight is 343 g/mol. The van der Waals surface area contributed by atoms with Crippen molar-refractivity contribution in [2.24, 2.45) is 0 Å². The van der Waals surface area contributed by atoms with Crippen LogP contribution in [0.4, 0.5) is 21.5 Å². The van der Waals surface area contributed by atoms with Crippen LogP contribution in [0.3, 0.4) is 0 Å². The Kier molecular flexibility index (Phi) is 6.11. The molecule has 0 atom stereocenters. The minimum atomic E-state index is -0.497. The van der Waals surface area contributed by atoms with Crippen LogP contribution in [-0.2, 0) is 9.59 Å². The summed E-state index contributed by atoms with van der Waals surface area (Å²) in [5, 5.41) is 8.10. The van der Waals surface area contributed by atoms with Gasteiger partial charge in [0, 0.05) is 18.3 Å². The van der Waals surface area contributed by atoms with Gasteiger partial charge in [0.1, 0.15) is 5.82 Å². The Morgan fingerprint density at radius 3 is 2.44 bits per heavy atom. The summed E-state index contributed by atoms with van der Waals surface area (Å²) in [4.78, 5) is 23.1. The Balaban J connectivity index is 1.98. The zero-order valence-corrected chi connectivity index (χ0v) is 14.5. The lowest BCUT2D eigenvalue weighted by Crippen LogP contribution is -2.22. The number of rotatable bonds is 6. The zero-order valence-electron chi connectivity index (χ0n) is 14.5. The van der Waals surface area contributed by atoms with Crippen LogP contribution in [0.1, 0.15) is 32.3 Å². The smallest absolute Gasteiger partial charge is 0.243 e. The van der Waals surface area contributed by atoms with E-state index in [0.717, 1.165) is 5.56 Å². The fourth-order valence-corrected chi connectivity index (χ4v) is 2.30. The van der Waals surface area contributed by atoms with Crippen LogP contribution in [0.25, 0.3) is 0 Å². The number of hydrogen-bond donors (Lipinski definition) is 3. The van der Waals surface area contributed by atoms with Gasteiger partial charge in [-0.15, -0.1) is 0 Å². The van der Waals surface area contributed by atoms with E-state index in [0.29, 0.717) is 17.3 Å². The predicted octanol–water partition coefficient (Wildman–Crippen LogP) is 3.96. The minimum absolute atomic E-state index is 0.0909. The van der Waals surface area contributed by atoms with Crippen molar-refractivity contribution in [2.75, 3.05) is 22.5 Å². The number of benzene rings is 2. The van der Waals surface area contributed by atoms with Crippen molar-refractivity contribution in [3.8, 4) is 0 Å². The molecule has 0 radical (unpaired) electrons. The molecule has 0 aliphatic carbocycles. The third kappa shape index (κ3) is 5.60. The summed E-state index contributed by atoms with van der Waals surface area (Å²) < 4.78 is 13.8. The molecule has 2 amide bonds. The molecule has 5 nitrogen and oxygen atoms in total. The Hall–Kier alpha value is -2.89. The monoisotopic (exact) mass is 343 g/mol. The molecule has 0 heterocycles. The van der Waals surface area contributed by atoms with E-state index >= 15 is 0 Å². The maximum absolute atomic E-state index is 13.8. The van der Waals surface area contributed by atoms with Gasteiger partial charge < -0.3 is 16.0 Å². The summed E-state index contributed by atoms with van der Waals surface area (Å²) in [6, 6.07) is 11.7. The molecule has 0 aromatic heterocycles. The summed E-state index contributed by atoms with van der Waals surface area (Å²) in [5.74, 6) is -0.671. The molecule has 0 unspecified atom stereocenters. The van der Waals surface area contributed by atoms with Gasteiger partial charge in [0.05, 0.1) is 12.2 Å². The van der Waals surface area contributed by atoms with Gasteiger partial charge in [-0.05, 0) is 41.8 Å². The summed E-state index contributed by atoms with van der Waals surface area (Å²) in [6.07, 6.45) is 0. The second-order valence-corrected chi connectivity index (χ2v) is 6.06. The third-order valence-electron chi connectivity index (χ3n) is 3.56. The molecule has 6 heteroatoms. The van der Waals surface area contributed by atoms with Gasteiger partial charge in [0.2, 0.25) is 11.8 Å². The second-order valence-electron chi connectivity index (χ2n) is 6.06. The van der Waals surface area contributed by atoms with Gasteiger partial charge >= 0.3 is 0 Å². The molecule has 0 saturated carbocycles. The molecule has 0 saturated heterocycles. The van der Waals surface area contributed by atoms with Crippen LogP contribution in [0.5, 0.6) is 0 Å². The Morgan fingerprint density at radius 1 is 1.04 bits per heavy atom. The first-order valence-electron chi connectivity index (χ1n) is 8.06. The highest BCUT2D eigenvalue weighted by Crippen LogP contribution is 2.20. The van der Waals surface area contributed by atoms with Crippen molar-refractivity contribution < 1.29 is 14.0 Å². The van der Waals surface area contributed by atoms with Gasteiger partial charge in [0.15, 0.2) is 0 Å². The number of hydrogen-bond acceptors (Lipinski definition) is 3. The second kappa shape index (κ2) is 8.28. The first-order valence-corrected chi connectivity index (χ1v) is 8.06. The highest BCUT2D eigenvalue weighted by Gasteiger charge is 2.08. The molecule has 0 aliphatic heterocycles. The van der Waals surface area contributed by atoms with Crippen molar-refractivity contribution in [1.29, 1.82) is 0 Å². The van der Waals surface area contributed by atoms with E-state index in [9.17, 15) is 14.0 Å². The standard InChI is InChI=1S/C19H22FN3O2/c1-12(2)14-5-4-6-15(9-14)23-19(25)11-21-18-10-16(22-13(3)24)7-8-17(18)20/h4-10,12,21H,11H2,1-3H3,(H,22,24)(H,23,25). The lowest BCUT2D eigenvalue weighted by Gasteiger charge is -2.12. The first-order chi connectivity index (χ1) is 11.8. The van der Waals surface area contributed by atoms with Crippen molar-refractivity contribution >= 4 is 28.9 Å². The van der Waals surface area contributed by atoms with Gasteiger partial charge in [-0.2, -0.15) is 0 Å². The minimum Gasteiger partial charge on any atom is -0.374 e. The summed E-state index contributed by atoms with van der Waals surface area (Å²) in [5.41, 5.74) is 2.43. The highest BCUT2D eigenvalue weighted by atomic mass is 19.1. The molecular formula is C19H22FN3O2. The quantitative estimate of drug-likeness (QED) is 0.743. The van der Waals surface area contributed by atoms with E-state index in [2.05, 4.69) is 29.8 Å². The Labute approximate surface area is 146 Å². The number of amides is 2. The van der Waals surface area contributed by atoms with Crippen molar-refractivity contribution in [3.05, 3.63) is 53.8 Å². The van der Waals surface area contributed by atoms with Gasteiger partial charge in [-0.25, -0.2) is 4.39 Å². The maximum atomic E-state index is 13.8. The van der Waals surface area contributed by atoms with Crippen LogP contribution in [0.15, 0.2) is 42.5 Å². The lowest BCUT2D eigenvalue weighted by atomic mass is 10.0. The fourth-order valence-electron chi connectivity index (χ4n) is 2.30. The number of carbonyl (C=O) groups is 2. The summed E-state index contributed by atoms with van der Waals surface area (Å²) in [7, 11) is 0. The van der Waals surface area contributed by atoms with Crippen LogP contribution >= 0.6 is 0 Å². The van der Waals surface area contributed by atoms with Crippen LogP contribution in [0.2, 0.25) is 0 Å². The van der Waals surface area contributed by atoms with E-state index in [1.807, 2.05) is 24.3 Å². The highest BCUT2D eigenvalue weighted by molar-refractivity contribution is 5.94. The van der Waals surface area contributed by atoms with Crippen LogP contribution in [0, 0.1) is 5.82 Å². The Morgan fingerprint density at radius 2 is 1.76 bits per heavy atom. The van der Waals surface area contributed by atoms with Crippen LogP contribution < -0.4 is 16.0 Å².